The van der Waals surface area contributed by atoms with Crippen molar-refractivity contribution in [2.24, 2.45) is 5.41 Å². The first-order valence-corrected chi connectivity index (χ1v) is 6.70. The Morgan fingerprint density at radius 3 is 2.58 bits per heavy atom. The van der Waals surface area contributed by atoms with Gasteiger partial charge in [-0.1, -0.05) is 18.8 Å². The number of carbonyl (C=O) groups is 3. The molecule has 3 amide bonds. The van der Waals surface area contributed by atoms with Crippen LogP contribution in [-0.4, -0.2) is 22.7 Å². The van der Waals surface area contributed by atoms with Crippen LogP contribution in [0.15, 0.2) is 0 Å². The van der Waals surface area contributed by atoms with Crippen molar-refractivity contribution in [2.45, 2.75) is 51.9 Å². The second kappa shape index (κ2) is 5.43. The normalized spacial score (nSPS) is 27.3. The third-order valence-electron chi connectivity index (χ3n) is 3.61. The Morgan fingerprint density at radius 1 is 1.21 bits per heavy atom. The highest BCUT2D eigenvalue weighted by Gasteiger charge is 2.37. The van der Waals surface area contributed by atoms with Crippen LogP contribution >= 0.6 is 0 Å². The standard InChI is InChI=1S/C14H18N2O3/c1-14(9-5-3-2-4-6-10-14)13(19)15-16-11(17)7-8-12(16)18/h2-5,7-9H2,1H3,(H,15,19). The van der Waals surface area contributed by atoms with Crippen molar-refractivity contribution >= 4 is 17.7 Å². The van der Waals surface area contributed by atoms with Crippen LogP contribution < -0.4 is 5.43 Å². The fourth-order valence-electron chi connectivity index (χ4n) is 2.29. The first-order valence-electron chi connectivity index (χ1n) is 6.70. The van der Waals surface area contributed by atoms with Gasteiger partial charge in [0, 0.05) is 19.3 Å². The molecule has 0 aromatic heterocycles. The summed E-state index contributed by atoms with van der Waals surface area (Å²) in [5.41, 5.74) is 1.61. The predicted octanol–water partition coefficient (Wildman–Crippen LogP) is 1.14. The van der Waals surface area contributed by atoms with E-state index < -0.39 is 5.41 Å². The molecule has 5 nitrogen and oxygen atoms in total. The maximum atomic E-state index is 12.3. The number of amides is 3. The SMILES string of the molecule is CC1(C(=O)NN2C(=O)CCC2=O)C#CCCCCC1. The number of hydrogen-bond acceptors (Lipinski definition) is 3. The molecule has 1 atom stereocenters. The smallest absolute Gasteiger partial charge is 0.256 e. The summed E-state index contributed by atoms with van der Waals surface area (Å²) in [6.07, 6.45) is 4.84. The van der Waals surface area contributed by atoms with Gasteiger partial charge in [0.2, 0.25) is 11.8 Å². The van der Waals surface area contributed by atoms with E-state index in [-0.39, 0.29) is 30.6 Å². The van der Waals surface area contributed by atoms with Gasteiger partial charge in [0.15, 0.2) is 0 Å². The number of imide groups is 1. The zero-order valence-corrected chi connectivity index (χ0v) is 11.1. The summed E-state index contributed by atoms with van der Waals surface area (Å²) >= 11 is 0. The van der Waals surface area contributed by atoms with Crippen LogP contribution in [0.2, 0.25) is 0 Å². The molecule has 0 saturated carbocycles. The molecule has 0 spiro atoms. The highest BCUT2D eigenvalue weighted by molar-refractivity contribution is 6.03. The third kappa shape index (κ3) is 2.95. The molecule has 1 saturated heterocycles. The van der Waals surface area contributed by atoms with E-state index in [1.807, 2.05) is 0 Å². The van der Waals surface area contributed by atoms with Crippen LogP contribution in [0.5, 0.6) is 0 Å². The Balaban J connectivity index is 2.09. The van der Waals surface area contributed by atoms with Crippen LogP contribution in [0, 0.1) is 17.3 Å². The molecule has 2 aliphatic rings. The Hall–Kier alpha value is -1.83. The molecule has 2 rings (SSSR count). The molecule has 1 unspecified atom stereocenters. The summed E-state index contributed by atoms with van der Waals surface area (Å²) in [7, 11) is 0. The van der Waals surface area contributed by atoms with Gasteiger partial charge < -0.3 is 0 Å². The van der Waals surface area contributed by atoms with Crippen molar-refractivity contribution in [3.8, 4) is 11.8 Å². The van der Waals surface area contributed by atoms with Crippen molar-refractivity contribution in [1.82, 2.24) is 10.4 Å². The highest BCUT2D eigenvalue weighted by atomic mass is 16.2. The zero-order valence-electron chi connectivity index (χ0n) is 11.1. The van der Waals surface area contributed by atoms with Crippen LogP contribution in [0.25, 0.3) is 0 Å². The predicted molar refractivity (Wildman–Crippen MR) is 68.2 cm³/mol. The van der Waals surface area contributed by atoms with Crippen molar-refractivity contribution in [3.63, 3.8) is 0 Å². The lowest BCUT2D eigenvalue weighted by molar-refractivity contribution is -0.150. The maximum absolute atomic E-state index is 12.3. The van der Waals surface area contributed by atoms with Gasteiger partial charge in [-0.3, -0.25) is 19.8 Å². The molecule has 5 heteroatoms. The lowest BCUT2D eigenvalue weighted by Crippen LogP contribution is -2.50. The second-order valence-electron chi connectivity index (χ2n) is 5.26. The lowest BCUT2D eigenvalue weighted by atomic mass is 9.83. The number of nitrogens with zero attached hydrogens (tertiary/aromatic N) is 1. The van der Waals surface area contributed by atoms with Gasteiger partial charge in [0.05, 0.1) is 0 Å². The molecular weight excluding hydrogens is 244 g/mol. The molecule has 1 fully saturated rings. The molecule has 0 bridgehead atoms. The van der Waals surface area contributed by atoms with Crippen LogP contribution in [0.3, 0.4) is 0 Å². The fourth-order valence-corrected chi connectivity index (χ4v) is 2.29. The van der Waals surface area contributed by atoms with Crippen molar-refractivity contribution in [2.75, 3.05) is 0 Å². The third-order valence-corrected chi connectivity index (χ3v) is 3.61. The average Bonchev–Trinajstić information content (AvgIpc) is 2.66. The van der Waals surface area contributed by atoms with Gasteiger partial charge in [0.25, 0.3) is 5.91 Å². The molecular formula is C14H18N2O3. The lowest BCUT2D eigenvalue weighted by Gasteiger charge is -2.26. The molecule has 0 aromatic rings. The number of rotatable bonds is 2. The van der Waals surface area contributed by atoms with E-state index in [9.17, 15) is 14.4 Å². The Bertz CT molecular complexity index is 459. The summed E-state index contributed by atoms with van der Waals surface area (Å²) in [4.78, 5) is 35.2. The number of carbonyl (C=O) groups excluding carboxylic acids is 3. The summed E-state index contributed by atoms with van der Waals surface area (Å²) in [6.45, 7) is 1.77. The first-order chi connectivity index (χ1) is 9.03. The van der Waals surface area contributed by atoms with Gasteiger partial charge in [-0.15, -0.1) is 5.92 Å². The summed E-state index contributed by atoms with van der Waals surface area (Å²) in [6, 6.07) is 0. The van der Waals surface area contributed by atoms with Crippen molar-refractivity contribution in [3.05, 3.63) is 0 Å². The van der Waals surface area contributed by atoms with Crippen LogP contribution in [0.1, 0.15) is 51.9 Å². The molecule has 1 aliphatic heterocycles. The van der Waals surface area contributed by atoms with E-state index in [0.29, 0.717) is 6.42 Å². The maximum Gasteiger partial charge on any atom is 0.256 e. The summed E-state index contributed by atoms with van der Waals surface area (Å²) < 4.78 is 0. The molecule has 1 N–H and O–H groups in total. The molecule has 102 valence electrons. The van der Waals surface area contributed by atoms with Gasteiger partial charge in [0.1, 0.15) is 5.41 Å². The van der Waals surface area contributed by atoms with Crippen molar-refractivity contribution < 1.29 is 14.4 Å². The molecule has 1 aliphatic carbocycles. The minimum absolute atomic E-state index is 0.168. The second-order valence-corrected chi connectivity index (χ2v) is 5.26. The monoisotopic (exact) mass is 262 g/mol. The minimum atomic E-state index is -0.816. The molecule has 19 heavy (non-hydrogen) atoms. The van der Waals surface area contributed by atoms with E-state index in [1.54, 1.807) is 6.92 Å². The van der Waals surface area contributed by atoms with Crippen LogP contribution in [0.4, 0.5) is 0 Å². The zero-order chi connectivity index (χ0) is 13.9. The molecule has 1 heterocycles. The van der Waals surface area contributed by atoms with Crippen LogP contribution in [-0.2, 0) is 14.4 Å². The quantitative estimate of drug-likeness (QED) is 0.599. The number of hydrazine groups is 1. The topological polar surface area (TPSA) is 66.5 Å². The Morgan fingerprint density at radius 2 is 1.89 bits per heavy atom. The first kappa shape index (κ1) is 13.6. The molecule has 0 radical (unpaired) electrons. The van der Waals surface area contributed by atoms with Gasteiger partial charge in [-0.05, 0) is 19.8 Å². The van der Waals surface area contributed by atoms with E-state index in [0.717, 1.165) is 30.7 Å². The van der Waals surface area contributed by atoms with E-state index in [4.69, 9.17) is 0 Å². The minimum Gasteiger partial charge on any atom is -0.273 e. The van der Waals surface area contributed by atoms with Gasteiger partial charge >= 0.3 is 0 Å². The van der Waals surface area contributed by atoms with Gasteiger partial charge in [-0.2, -0.15) is 5.01 Å². The number of nitrogens with one attached hydrogen (secondary N) is 1. The van der Waals surface area contributed by atoms with E-state index in [2.05, 4.69) is 17.3 Å². The largest absolute Gasteiger partial charge is 0.273 e. The fraction of sp³-hybridized carbons (Fsp3) is 0.643. The summed E-state index contributed by atoms with van der Waals surface area (Å²) in [5, 5.41) is 0.841. The number of hydrogen-bond donors (Lipinski definition) is 1. The average molecular weight is 262 g/mol. The highest BCUT2D eigenvalue weighted by Crippen LogP contribution is 2.26. The van der Waals surface area contributed by atoms with E-state index >= 15 is 0 Å². The molecule has 0 aromatic carbocycles. The Kier molecular flexibility index (Phi) is 3.89. The summed E-state index contributed by atoms with van der Waals surface area (Å²) in [5.74, 6) is 4.95. The van der Waals surface area contributed by atoms with E-state index in [1.165, 1.54) is 0 Å². The van der Waals surface area contributed by atoms with Gasteiger partial charge in [-0.25, -0.2) is 0 Å². The Labute approximate surface area is 112 Å². The van der Waals surface area contributed by atoms with Crippen molar-refractivity contribution in [1.29, 1.82) is 0 Å².